The fourth-order valence-corrected chi connectivity index (χ4v) is 3.67. The highest BCUT2D eigenvalue weighted by molar-refractivity contribution is 7.89. The van der Waals surface area contributed by atoms with Gasteiger partial charge in [0.1, 0.15) is 0 Å². The number of hydrogen-bond acceptors (Lipinski definition) is 6. The summed E-state index contributed by atoms with van der Waals surface area (Å²) >= 11 is 12.2. The van der Waals surface area contributed by atoms with E-state index in [1.165, 1.54) is 36.5 Å². The zero-order valence-corrected chi connectivity index (χ0v) is 16.2. The maximum atomic E-state index is 12.3. The number of nitrogens with zero attached hydrogens (tertiary/aromatic N) is 1. The molecule has 0 saturated carbocycles. The average molecular weight is 430 g/mol. The van der Waals surface area contributed by atoms with Crippen molar-refractivity contribution in [3.63, 3.8) is 0 Å². The lowest BCUT2D eigenvalue weighted by molar-refractivity contribution is 0.340. The van der Waals surface area contributed by atoms with Crippen LogP contribution in [0, 0.1) is 0 Å². The van der Waals surface area contributed by atoms with Gasteiger partial charge in [-0.1, -0.05) is 23.2 Å². The number of hydrazone groups is 1. The van der Waals surface area contributed by atoms with Gasteiger partial charge in [-0.15, -0.1) is 0 Å². The molecule has 0 aliphatic rings. The summed E-state index contributed by atoms with van der Waals surface area (Å²) in [6, 6.07) is 7.03. The maximum absolute atomic E-state index is 12.3. The van der Waals surface area contributed by atoms with Crippen LogP contribution in [0.25, 0.3) is 11.1 Å². The van der Waals surface area contributed by atoms with Gasteiger partial charge in [-0.2, -0.15) is 13.5 Å². The summed E-state index contributed by atoms with van der Waals surface area (Å²) in [5.74, 6) is -0.324. The number of H-pyrrole nitrogens is 1. The van der Waals surface area contributed by atoms with Crippen molar-refractivity contribution in [3.8, 4) is 5.75 Å². The molecule has 8 nitrogen and oxygen atoms in total. The number of halogens is 2. The molecule has 0 radical (unpaired) electrons. The van der Waals surface area contributed by atoms with Crippen LogP contribution in [0.3, 0.4) is 0 Å². The molecule has 142 valence electrons. The molecule has 0 fully saturated rings. The lowest BCUT2D eigenvalue weighted by Crippen LogP contribution is -2.18. The number of benzene rings is 2. The van der Waals surface area contributed by atoms with Crippen molar-refractivity contribution in [2.75, 3.05) is 6.61 Å². The number of oxazole rings is 1. The number of nitrogens with one attached hydrogen (secondary N) is 2. The van der Waals surface area contributed by atoms with E-state index < -0.39 is 15.8 Å². The minimum atomic E-state index is -3.96. The average Bonchev–Trinajstić information content (AvgIpc) is 2.97. The normalized spacial score (nSPS) is 12.0. The molecule has 0 bridgehead atoms. The number of ether oxygens (including phenoxy) is 1. The number of hydrogen-bond donors (Lipinski definition) is 2. The lowest BCUT2D eigenvalue weighted by atomic mass is 10.2. The van der Waals surface area contributed by atoms with Crippen molar-refractivity contribution in [2.24, 2.45) is 5.10 Å². The number of aromatic nitrogens is 1. The largest absolute Gasteiger partial charge is 0.491 e. The van der Waals surface area contributed by atoms with Gasteiger partial charge in [0.15, 0.2) is 11.3 Å². The smallest absolute Gasteiger partial charge is 0.417 e. The highest BCUT2D eigenvalue weighted by Crippen LogP contribution is 2.33. The second kappa shape index (κ2) is 7.63. The van der Waals surface area contributed by atoms with Crippen molar-refractivity contribution in [1.82, 2.24) is 9.82 Å². The number of aromatic amines is 1. The molecule has 2 aromatic carbocycles. The molecule has 27 heavy (non-hydrogen) atoms. The van der Waals surface area contributed by atoms with Crippen LogP contribution in [0.2, 0.25) is 10.0 Å². The zero-order valence-electron chi connectivity index (χ0n) is 13.8. The van der Waals surface area contributed by atoms with Gasteiger partial charge >= 0.3 is 5.76 Å². The summed E-state index contributed by atoms with van der Waals surface area (Å²) in [6.45, 7) is 2.20. The third kappa shape index (κ3) is 4.26. The first-order valence-electron chi connectivity index (χ1n) is 7.60. The minimum absolute atomic E-state index is 0.113. The molecule has 11 heteroatoms. The third-order valence-corrected chi connectivity index (χ3v) is 5.18. The standard InChI is InChI=1S/C16H13Cl2N3O5S/c1-2-25-15-11(17)5-9(6-12(15)18)8-19-21-27(23,24)10-3-4-13-14(7-10)26-16(22)20-13/h3-8,21H,2H2,1H3,(H,20,22)/b19-8+. The van der Waals surface area contributed by atoms with Crippen LogP contribution >= 0.6 is 23.2 Å². The van der Waals surface area contributed by atoms with Crippen LogP contribution in [-0.4, -0.2) is 26.2 Å². The Morgan fingerprint density at radius 3 is 2.63 bits per heavy atom. The molecule has 0 saturated heterocycles. The van der Waals surface area contributed by atoms with Crippen molar-refractivity contribution < 1.29 is 17.6 Å². The minimum Gasteiger partial charge on any atom is -0.491 e. The summed E-state index contributed by atoms with van der Waals surface area (Å²) < 4.78 is 34.8. The highest BCUT2D eigenvalue weighted by atomic mass is 35.5. The maximum Gasteiger partial charge on any atom is 0.417 e. The second-order valence-electron chi connectivity index (χ2n) is 5.27. The quantitative estimate of drug-likeness (QED) is 0.461. The predicted octanol–water partition coefficient (Wildman–Crippen LogP) is 3.14. The predicted molar refractivity (Wildman–Crippen MR) is 102 cm³/mol. The molecule has 0 unspecified atom stereocenters. The first-order valence-corrected chi connectivity index (χ1v) is 9.83. The van der Waals surface area contributed by atoms with Gasteiger partial charge in [0.05, 0.1) is 33.3 Å². The molecule has 0 aliphatic heterocycles. The Morgan fingerprint density at radius 1 is 1.26 bits per heavy atom. The van der Waals surface area contributed by atoms with Crippen molar-refractivity contribution in [3.05, 3.63) is 56.5 Å². The molecule has 1 aromatic heterocycles. The molecule has 0 atom stereocenters. The molecular weight excluding hydrogens is 417 g/mol. The molecule has 1 heterocycles. The zero-order chi connectivity index (χ0) is 19.6. The van der Waals surface area contributed by atoms with Crippen molar-refractivity contribution in [1.29, 1.82) is 0 Å². The fraction of sp³-hybridized carbons (Fsp3) is 0.125. The Kier molecular flexibility index (Phi) is 5.45. The van der Waals surface area contributed by atoms with Gasteiger partial charge in [0, 0.05) is 6.07 Å². The molecule has 0 aliphatic carbocycles. The van der Waals surface area contributed by atoms with E-state index in [1.807, 2.05) is 0 Å². The van der Waals surface area contributed by atoms with Gasteiger partial charge in [-0.3, -0.25) is 4.98 Å². The van der Waals surface area contributed by atoms with E-state index in [4.69, 9.17) is 32.4 Å². The lowest BCUT2D eigenvalue weighted by Gasteiger charge is -2.08. The first-order chi connectivity index (χ1) is 12.8. The van der Waals surface area contributed by atoms with Gasteiger partial charge in [-0.25, -0.2) is 9.63 Å². The molecule has 0 spiro atoms. The summed E-state index contributed by atoms with van der Waals surface area (Å²) in [4.78, 5) is 15.5. The van der Waals surface area contributed by atoms with E-state index in [9.17, 15) is 13.2 Å². The van der Waals surface area contributed by atoms with E-state index in [0.717, 1.165) is 0 Å². The number of sulfonamides is 1. The third-order valence-electron chi connectivity index (χ3n) is 3.40. The monoisotopic (exact) mass is 429 g/mol. The van der Waals surface area contributed by atoms with Gasteiger partial charge in [0.25, 0.3) is 10.0 Å². The summed E-state index contributed by atoms with van der Waals surface area (Å²) in [5, 5.41) is 4.27. The molecular formula is C16H13Cl2N3O5S. The molecule has 3 rings (SSSR count). The van der Waals surface area contributed by atoms with Crippen molar-refractivity contribution >= 4 is 50.5 Å². The topological polar surface area (TPSA) is 114 Å². The molecule has 0 amide bonds. The van der Waals surface area contributed by atoms with E-state index in [2.05, 4.69) is 14.9 Å². The molecule has 3 aromatic rings. The van der Waals surface area contributed by atoms with Gasteiger partial charge < -0.3 is 9.15 Å². The Morgan fingerprint density at radius 2 is 1.96 bits per heavy atom. The number of rotatable bonds is 6. The Balaban J connectivity index is 1.80. The van der Waals surface area contributed by atoms with Gasteiger partial charge in [0.2, 0.25) is 0 Å². The van der Waals surface area contributed by atoms with Gasteiger partial charge in [-0.05, 0) is 36.8 Å². The van der Waals surface area contributed by atoms with Crippen LogP contribution < -0.4 is 15.3 Å². The number of fused-ring (bicyclic) bond motifs is 1. The Labute approximate surface area is 163 Å². The Bertz CT molecular complexity index is 1160. The van der Waals surface area contributed by atoms with E-state index in [-0.39, 0.29) is 20.5 Å². The van der Waals surface area contributed by atoms with Crippen LogP contribution in [-0.2, 0) is 10.0 Å². The summed E-state index contributed by atoms with van der Waals surface area (Å²) in [6.07, 6.45) is 1.25. The summed E-state index contributed by atoms with van der Waals surface area (Å²) in [5.41, 5.74) is 0.987. The fourth-order valence-electron chi connectivity index (χ4n) is 2.25. The van der Waals surface area contributed by atoms with Crippen LogP contribution in [0.15, 0.2) is 49.5 Å². The van der Waals surface area contributed by atoms with Crippen LogP contribution in [0.4, 0.5) is 0 Å². The summed E-state index contributed by atoms with van der Waals surface area (Å²) in [7, 11) is -3.96. The SMILES string of the molecule is CCOc1c(Cl)cc(/C=N/NS(=O)(=O)c2ccc3[nH]c(=O)oc3c2)cc1Cl. The van der Waals surface area contributed by atoms with Crippen LogP contribution in [0.5, 0.6) is 5.75 Å². The van der Waals surface area contributed by atoms with Crippen LogP contribution in [0.1, 0.15) is 12.5 Å². The first kappa shape index (κ1) is 19.3. The van der Waals surface area contributed by atoms with E-state index in [0.29, 0.717) is 23.4 Å². The second-order valence-corrected chi connectivity index (χ2v) is 7.75. The van der Waals surface area contributed by atoms with E-state index in [1.54, 1.807) is 6.92 Å². The molecule has 2 N–H and O–H groups in total. The highest BCUT2D eigenvalue weighted by Gasteiger charge is 2.15. The Hall–Kier alpha value is -2.49. The van der Waals surface area contributed by atoms with E-state index >= 15 is 0 Å². The van der Waals surface area contributed by atoms with Crippen molar-refractivity contribution in [2.45, 2.75) is 11.8 Å².